The van der Waals surface area contributed by atoms with E-state index in [1.165, 1.54) is 0 Å². The fraction of sp³-hybridized carbons (Fsp3) is 0.136. The van der Waals surface area contributed by atoms with Crippen LogP contribution in [-0.2, 0) is 11.4 Å². The first-order valence-corrected chi connectivity index (χ1v) is 8.68. The van der Waals surface area contributed by atoms with E-state index in [4.69, 9.17) is 9.47 Å². The molecular weight excluding hydrogens is 340 g/mol. The fourth-order valence-corrected chi connectivity index (χ4v) is 2.56. The number of carbonyl (C=O) groups excluding carboxylic acids is 1. The van der Waals surface area contributed by atoms with Gasteiger partial charge in [0.1, 0.15) is 18.1 Å². The predicted octanol–water partition coefficient (Wildman–Crippen LogP) is 4.32. The first-order chi connectivity index (χ1) is 13.2. The smallest absolute Gasteiger partial charge is 0.243 e. The molecule has 0 aliphatic carbocycles. The highest BCUT2D eigenvalue weighted by atomic mass is 16.5. The van der Waals surface area contributed by atoms with E-state index in [2.05, 4.69) is 10.6 Å². The summed E-state index contributed by atoms with van der Waals surface area (Å²) in [6, 6.07) is 24.8. The van der Waals surface area contributed by atoms with E-state index in [1.807, 2.05) is 66.7 Å². The van der Waals surface area contributed by atoms with E-state index >= 15 is 0 Å². The van der Waals surface area contributed by atoms with Crippen LogP contribution in [0.5, 0.6) is 11.5 Å². The lowest BCUT2D eigenvalue weighted by molar-refractivity contribution is -0.114. The number of ether oxygens (including phenoxy) is 2. The predicted molar refractivity (Wildman–Crippen MR) is 107 cm³/mol. The minimum absolute atomic E-state index is 0.139. The molecule has 0 fully saturated rings. The average molecular weight is 362 g/mol. The number of hydrogen-bond acceptors (Lipinski definition) is 4. The quantitative estimate of drug-likeness (QED) is 0.626. The molecule has 0 aliphatic rings. The second kappa shape index (κ2) is 9.29. The molecule has 0 radical (unpaired) electrons. The SMILES string of the molecule is COc1ccccc1NC(=O)CNc1cccc(OCc2ccccc2)c1. The highest BCUT2D eigenvalue weighted by Crippen LogP contribution is 2.23. The number of nitrogens with one attached hydrogen (secondary N) is 2. The number of rotatable bonds is 8. The molecule has 0 atom stereocenters. The van der Waals surface area contributed by atoms with Gasteiger partial charge in [0.15, 0.2) is 0 Å². The monoisotopic (exact) mass is 362 g/mol. The lowest BCUT2D eigenvalue weighted by atomic mass is 10.2. The van der Waals surface area contributed by atoms with Gasteiger partial charge in [0, 0.05) is 11.8 Å². The Morgan fingerprint density at radius 2 is 1.70 bits per heavy atom. The van der Waals surface area contributed by atoms with Crippen LogP contribution in [0.15, 0.2) is 78.9 Å². The van der Waals surface area contributed by atoms with Crippen LogP contribution in [0, 0.1) is 0 Å². The van der Waals surface area contributed by atoms with Crippen molar-refractivity contribution < 1.29 is 14.3 Å². The Kier molecular flexibility index (Phi) is 6.30. The Hall–Kier alpha value is -3.47. The Bertz CT molecular complexity index is 881. The third kappa shape index (κ3) is 5.51. The molecule has 0 saturated carbocycles. The zero-order valence-electron chi connectivity index (χ0n) is 15.1. The largest absolute Gasteiger partial charge is 0.495 e. The summed E-state index contributed by atoms with van der Waals surface area (Å²) in [7, 11) is 1.57. The molecule has 5 nitrogen and oxygen atoms in total. The molecular formula is C22H22N2O3. The summed E-state index contributed by atoms with van der Waals surface area (Å²) >= 11 is 0. The van der Waals surface area contributed by atoms with Crippen LogP contribution in [0.25, 0.3) is 0 Å². The summed E-state index contributed by atoms with van der Waals surface area (Å²) in [5.41, 5.74) is 2.56. The van der Waals surface area contributed by atoms with Crippen molar-refractivity contribution in [1.82, 2.24) is 0 Å². The number of amides is 1. The van der Waals surface area contributed by atoms with E-state index in [0.29, 0.717) is 18.0 Å². The molecule has 138 valence electrons. The van der Waals surface area contributed by atoms with Crippen LogP contribution in [0.3, 0.4) is 0 Å². The fourth-order valence-electron chi connectivity index (χ4n) is 2.56. The van der Waals surface area contributed by atoms with Crippen molar-refractivity contribution in [3.05, 3.63) is 84.4 Å². The summed E-state index contributed by atoms with van der Waals surface area (Å²) in [5, 5.41) is 5.94. The van der Waals surface area contributed by atoms with Gasteiger partial charge in [-0.2, -0.15) is 0 Å². The van der Waals surface area contributed by atoms with Crippen LogP contribution >= 0.6 is 0 Å². The Morgan fingerprint density at radius 1 is 0.926 bits per heavy atom. The number of benzene rings is 3. The van der Waals surface area contributed by atoms with Crippen LogP contribution < -0.4 is 20.1 Å². The molecule has 0 saturated heterocycles. The van der Waals surface area contributed by atoms with Crippen LogP contribution in [0.1, 0.15) is 5.56 Å². The minimum Gasteiger partial charge on any atom is -0.495 e. The molecule has 1 amide bonds. The van der Waals surface area contributed by atoms with E-state index in [9.17, 15) is 4.79 Å². The third-order valence-corrected chi connectivity index (χ3v) is 3.92. The van der Waals surface area contributed by atoms with E-state index < -0.39 is 0 Å². The molecule has 3 aromatic carbocycles. The molecule has 0 aliphatic heterocycles. The second-order valence-corrected chi connectivity index (χ2v) is 5.90. The number of methoxy groups -OCH3 is 1. The van der Waals surface area contributed by atoms with Crippen LogP contribution in [-0.4, -0.2) is 19.6 Å². The summed E-state index contributed by atoms with van der Waals surface area (Å²) in [6.45, 7) is 0.638. The number of hydrogen-bond donors (Lipinski definition) is 2. The van der Waals surface area contributed by atoms with Gasteiger partial charge in [-0.05, 0) is 29.8 Å². The van der Waals surface area contributed by atoms with Crippen molar-refractivity contribution in [3.8, 4) is 11.5 Å². The minimum atomic E-state index is -0.157. The van der Waals surface area contributed by atoms with Gasteiger partial charge >= 0.3 is 0 Å². The van der Waals surface area contributed by atoms with Crippen LogP contribution in [0.4, 0.5) is 11.4 Å². The van der Waals surface area contributed by atoms with Crippen molar-refractivity contribution in [2.45, 2.75) is 6.61 Å². The summed E-state index contributed by atoms with van der Waals surface area (Å²) in [6.07, 6.45) is 0. The van der Waals surface area contributed by atoms with Gasteiger partial charge in [-0.3, -0.25) is 4.79 Å². The van der Waals surface area contributed by atoms with Crippen molar-refractivity contribution in [2.24, 2.45) is 0 Å². The lowest BCUT2D eigenvalue weighted by Crippen LogP contribution is -2.22. The van der Waals surface area contributed by atoms with Crippen molar-refractivity contribution in [1.29, 1.82) is 0 Å². The van der Waals surface area contributed by atoms with Gasteiger partial charge in [0.2, 0.25) is 5.91 Å². The maximum Gasteiger partial charge on any atom is 0.243 e. The summed E-state index contributed by atoms with van der Waals surface area (Å²) in [5.74, 6) is 1.21. The van der Waals surface area contributed by atoms with Gasteiger partial charge in [-0.25, -0.2) is 0 Å². The lowest BCUT2D eigenvalue weighted by Gasteiger charge is -2.12. The summed E-state index contributed by atoms with van der Waals surface area (Å²) < 4.78 is 11.0. The number of carbonyl (C=O) groups is 1. The van der Waals surface area contributed by atoms with Gasteiger partial charge in [-0.15, -0.1) is 0 Å². The zero-order valence-corrected chi connectivity index (χ0v) is 15.1. The maximum atomic E-state index is 12.2. The van der Waals surface area contributed by atoms with Gasteiger partial charge in [0.05, 0.1) is 19.3 Å². The molecule has 0 aromatic heterocycles. The first kappa shape index (κ1) is 18.3. The van der Waals surface area contributed by atoms with Gasteiger partial charge in [-0.1, -0.05) is 48.5 Å². The molecule has 5 heteroatoms. The van der Waals surface area contributed by atoms with Crippen molar-refractivity contribution in [2.75, 3.05) is 24.3 Å². The standard InChI is InChI=1S/C22H22N2O3/c1-26-21-13-6-5-12-20(21)24-22(25)15-23-18-10-7-11-19(14-18)27-16-17-8-3-2-4-9-17/h2-14,23H,15-16H2,1H3,(H,24,25). The van der Waals surface area contributed by atoms with Gasteiger partial charge in [0.25, 0.3) is 0 Å². The van der Waals surface area contributed by atoms with Gasteiger partial charge < -0.3 is 20.1 Å². The average Bonchev–Trinajstić information content (AvgIpc) is 2.72. The second-order valence-electron chi connectivity index (χ2n) is 5.90. The molecule has 0 spiro atoms. The van der Waals surface area contributed by atoms with Crippen molar-refractivity contribution in [3.63, 3.8) is 0 Å². The number of para-hydroxylation sites is 2. The Labute approximate surface area is 158 Å². The maximum absolute atomic E-state index is 12.2. The molecule has 2 N–H and O–H groups in total. The highest BCUT2D eigenvalue weighted by molar-refractivity contribution is 5.95. The number of anilines is 2. The normalized spacial score (nSPS) is 10.1. The van der Waals surface area contributed by atoms with Crippen LogP contribution in [0.2, 0.25) is 0 Å². The van der Waals surface area contributed by atoms with Crippen molar-refractivity contribution >= 4 is 17.3 Å². The molecule has 0 unspecified atom stereocenters. The Morgan fingerprint density at radius 3 is 2.52 bits per heavy atom. The van der Waals surface area contributed by atoms with E-state index in [0.717, 1.165) is 17.0 Å². The molecule has 3 aromatic rings. The molecule has 3 rings (SSSR count). The topological polar surface area (TPSA) is 59.6 Å². The zero-order chi connectivity index (χ0) is 18.9. The highest BCUT2D eigenvalue weighted by Gasteiger charge is 2.07. The van der Waals surface area contributed by atoms with E-state index in [1.54, 1.807) is 19.2 Å². The summed E-state index contributed by atoms with van der Waals surface area (Å²) in [4.78, 5) is 12.2. The first-order valence-electron chi connectivity index (χ1n) is 8.68. The van der Waals surface area contributed by atoms with E-state index in [-0.39, 0.29) is 12.5 Å². The third-order valence-electron chi connectivity index (χ3n) is 3.92. The molecule has 0 heterocycles. The Balaban J connectivity index is 1.52. The molecule has 27 heavy (non-hydrogen) atoms. The molecule has 0 bridgehead atoms.